The minimum atomic E-state index is -0.0381. The molecule has 0 amide bonds. The van der Waals surface area contributed by atoms with Gasteiger partial charge >= 0.3 is 0 Å². The normalized spacial score (nSPS) is 22.5. The van der Waals surface area contributed by atoms with Crippen LogP contribution in [0.25, 0.3) is 0 Å². The number of aromatic nitrogens is 2. The van der Waals surface area contributed by atoms with E-state index in [1.54, 1.807) is 0 Å². The predicted octanol–water partition coefficient (Wildman–Crippen LogP) is 1.98. The Labute approximate surface area is 95.6 Å². The van der Waals surface area contributed by atoms with Crippen molar-refractivity contribution in [1.82, 2.24) is 15.5 Å². The number of nitrogens with one attached hydrogen (secondary N) is 1. The molecule has 2 heterocycles. The maximum atomic E-state index is 5.55. The van der Waals surface area contributed by atoms with Gasteiger partial charge < -0.3 is 14.6 Å². The molecule has 0 aromatic carbocycles. The molecule has 0 saturated carbocycles. The van der Waals surface area contributed by atoms with Crippen LogP contribution in [0.4, 0.5) is 0 Å². The van der Waals surface area contributed by atoms with Crippen LogP contribution >= 0.6 is 0 Å². The SMILES string of the molecule is CCOC(CC)c1noc([C@@H]2CCCN2)n1. The second kappa shape index (κ2) is 5.41. The molecular weight excluding hydrogens is 206 g/mol. The molecule has 1 unspecified atom stereocenters. The van der Waals surface area contributed by atoms with Crippen LogP contribution in [0.1, 0.15) is 57.0 Å². The second-order valence-electron chi connectivity index (χ2n) is 3.99. The van der Waals surface area contributed by atoms with Crippen molar-refractivity contribution in [3.8, 4) is 0 Å². The smallest absolute Gasteiger partial charge is 0.243 e. The van der Waals surface area contributed by atoms with Crippen molar-refractivity contribution in [2.24, 2.45) is 0 Å². The first kappa shape index (κ1) is 11.5. The third-order valence-electron chi connectivity index (χ3n) is 2.84. The van der Waals surface area contributed by atoms with Gasteiger partial charge in [0.15, 0.2) is 0 Å². The third kappa shape index (κ3) is 2.41. The highest BCUT2D eigenvalue weighted by atomic mass is 16.5. The molecule has 16 heavy (non-hydrogen) atoms. The molecule has 2 rings (SSSR count). The summed E-state index contributed by atoms with van der Waals surface area (Å²) in [5.41, 5.74) is 0. The summed E-state index contributed by atoms with van der Waals surface area (Å²) in [4.78, 5) is 4.42. The number of nitrogens with zero attached hydrogens (tertiary/aromatic N) is 2. The van der Waals surface area contributed by atoms with Crippen molar-refractivity contribution >= 4 is 0 Å². The summed E-state index contributed by atoms with van der Waals surface area (Å²) in [5.74, 6) is 1.37. The molecule has 5 nitrogen and oxygen atoms in total. The average molecular weight is 225 g/mol. The minimum Gasteiger partial charge on any atom is -0.370 e. The molecule has 1 saturated heterocycles. The van der Waals surface area contributed by atoms with Crippen molar-refractivity contribution in [2.75, 3.05) is 13.2 Å². The van der Waals surface area contributed by atoms with Gasteiger partial charge in [0.1, 0.15) is 6.10 Å². The minimum absolute atomic E-state index is 0.0381. The average Bonchev–Trinajstić information content (AvgIpc) is 2.95. The van der Waals surface area contributed by atoms with Gasteiger partial charge in [-0.05, 0) is 32.7 Å². The molecule has 1 aromatic rings. The number of hydrogen-bond donors (Lipinski definition) is 1. The quantitative estimate of drug-likeness (QED) is 0.830. The third-order valence-corrected chi connectivity index (χ3v) is 2.84. The van der Waals surface area contributed by atoms with Crippen LogP contribution in [0, 0.1) is 0 Å². The van der Waals surface area contributed by atoms with Crippen molar-refractivity contribution in [1.29, 1.82) is 0 Å². The van der Waals surface area contributed by atoms with E-state index in [1.165, 1.54) is 6.42 Å². The Morgan fingerprint density at radius 2 is 2.44 bits per heavy atom. The van der Waals surface area contributed by atoms with Crippen LogP contribution in [0.15, 0.2) is 4.52 Å². The van der Waals surface area contributed by atoms with Crippen LogP contribution in [-0.4, -0.2) is 23.3 Å². The number of ether oxygens (including phenoxy) is 1. The highest BCUT2D eigenvalue weighted by Crippen LogP contribution is 2.24. The Morgan fingerprint density at radius 3 is 3.06 bits per heavy atom. The zero-order valence-electron chi connectivity index (χ0n) is 9.90. The molecule has 1 N–H and O–H groups in total. The summed E-state index contributed by atoms with van der Waals surface area (Å²) < 4.78 is 10.8. The first-order chi connectivity index (χ1) is 7.85. The van der Waals surface area contributed by atoms with Gasteiger partial charge in [0.2, 0.25) is 11.7 Å². The lowest BCUT2D eigenvalue weighted by molar-refractivity contribution is 0.0518. The fourth-order valence-electron chi connectivity index (χ4n) is 1.99. The zero-order valence-corrected chi connectivity index (χ0v) is 9.90. The Bertz CT molecular complexity index is 321. The van der Waals surface area contributed by atoms with Gasteiger partial charge in [-0.15, -0.1) is 0 Å². The standard InChI is InChI=1S/C11H19N3O2/c1-3-9(15-4-2)10-13-11(16-14-10)8-6-5-7-12-8/h8-9,12H,3-7H2,1-2H3/t8-,9?/m0/s1. The fraction of sp³-hybridized carbons (Fsp3) is 0.818. The van der Waals surface area contributed by atoms with E-state index in [0.717, 1.165) is 19.4 Å². The Hall–Kier alpha value is -0.940. The largest absolute Gasteiger partial charge is 0.370 e. The van der Waals surface area contributed by atoms with E-state index in [2.05, 4.69) is 22.4 Å². The predicted molar refractivity (Wildman–Crippen MR) is 58.9 cm³/mol. The van der Waals surface area contributed by atoms with Gasteiger partial charge in [-0.3, -0.25) is 0 Å². The van der Waals surface area contributed by atoms with Crippen molar-refractivity contribution in [3.05, 3.63) is 11.7 Å². The highest BCUT2D eigenvalue weighted by molar-refractivity contribution is 4.97. The van der Waals surface area contributed by atoms with E-state index in [4.69, 9.17) is 9.26 Å². The second-order valence-corrected chi connectivity index (χ2v) is 3.99. The summed E-state index contributed by atoms with van der Waals surface area (Å²) in [5, 5.41) is 7.34. The van der Waals surface area contributed by atoms with Gasteiger partial charge in [-0.1, -0.05) is 12.1 Å². The molecule has 1 aliphatic heterocycles. The molecule has 90 valence electrons. The molecule has 0 spiro atoms. The number of rotatable bonds is 5. The zero-order chi connectivity index (χ0) is 11.4. The maximum absolute atomic E-state index is 5.55. The first-order valence-electron chi connectivity index (χ1n) is 6.03. The molecule has 0 aliphatic carbocycles. The van der Waals surface area contributed by atoms with E-state index in [0.29, 0.717) is 18.3 Å². The van der Waals surface area contributed by atoms with E-state index in [1.807, 2.05) is 6.92 Å². The number of hydrogen-bond acceptors (Lipinski definition) is 5. The lowest BCUT2D eigenvalue weighted by Crippen LogP contribution is -2.13. The topological polar surface area (TPSA) is 60.2 Å². The highest BCUT2D eigenvalue weighted by Gasteiger charge is 2.24. The van der Waals surface area contributed by atoms with E-state index < -0.39 is 0 Å². The summed E-state index contributed by atoms with van der Waals surface area (Å²) in [6.45, 7) is 5.74. The molecule has 0 radical (unpaired) electrons. The van der Waals surface area contributed by atoms with Gasteiger partial charge in [-0.25, -0.2) is 0 Å². The van der Waals surface area contributed by atoms with Crippen molar-refractivity contribution in [3.63, 3.8) is 0 Å². The lowest BCUT2D eigenvalue weighted by Gasteiger charge is -2.09. The van der Waals surface area contributed by atoms with Crippen LogP contribution in [0.2, 0.25) is 0 Å². The molecule has 2 atom stereocenters. The summed E-state index contributed by atoms with van der Waals surface area (Å²) in [6, 6.07) is 0.236. The van der Waals surface area contributed by atoms with Gasteiger partial charge in [0, 0.05) is 6.61 Å². The molecule has 0 bridgehead atoms. The Morgan fingerprint density at radius 1 is 1.56 bits per heavy atom. The Balaban J connectivity index is 2.05. The van der Waals surface area contributed by atoms with Crippen LogP contribution < -0.4 is 5.32 Å². The summed E-state index contributed by atoms with van der Waals surface area (Å²) in [6.07, 6.45) is 3.08. The van der Waals surface area contributed by atoms with Crippen molar-refractivity contribution < 1.29 is 9.26 Å². The molecule has 1 aliphatic rings. The molecule has 1 aromatic heterocycles. The van der Waals surface area contributed by atoms with E-state index >= 15 is 0 Å². The first-order valence-corrected chi connectivity index (χ1v) is 6.03. The monoisotopic (exact) mass is 225 g/mol. The summed E-state index contributed by atoms with van der Waals surface area (Å²) >= 11 is 0. The van der Waals surface area contributed by atoms with E-state index in [9.17, 15) is 0 Å². The lowest BCUT2D eigenvalue weighted by atomic mass is 10.2. The molecular formula is C11H19N3O2. The fourth-order valence-corrected chi connectivity index (χ4v) is 1.99. The van der Waals surface area contributed by atoms with Crippen LogP contribution in [-0.2, 0) is 4.74 Å². The summed E-state index contributed by atoms with van der Waals surface area (Å²) in [7, 11) is 0. The van der Waals surface area contributed by atoms with Crippen LogP contribution in [0.5, 0.6) is 0 Å². The van der Waals surface area contributed by atoms with Crippen molar-refractivity contribution in [2.45, 2.75) is 45.3 Å². The van der Waals surface area contributed by atoms with E-state index in [-0.39, 0.29) is 12.1 Å². The molecule has 5 heteroatoms. The van der Waals surface area contributed by atoms with Gasteiger partial charge in [0.25, 0.3) is 0 Å². The maximum Gasteiger partial charge on any atom is 0.243 e. The van der Waals surface area contributed by atoms with Gasteiger partial charge in [0.05, 0.1) is 6.04 Å². The molecule has 1 fully saturated rings. The van der Waals surface area contributed by atoms with Gasteiger partial charge in [-0.2, -0.15) is 4.98 Å². The Kier molecular flexibility index (Phi) is 3.90. The van der Waals surface area contributed by atoms with Crippen LogP contribution in [0.3, 0.4) is 0 Å².